The van der Waals surface area contributed by atoms with Crippen LogP contribution in [0.2, 0.25) is 0 Å². The van der Waals surface area contributed by atoms with Gasteiger partial charge in [0.2, 0.25) is 5.91 Å². The molecule has 4 aromatic rings. The second kappa shape index (κ2) is 11.1. The van der Waals surface area contributed by atoms with E-state index in [0.717, 1.165) is 11.3 Å². The molecular weight excluding hydrogens is 538 g/mol. The molecule has 11 heteroatoms. The molecule has 42 heavy (non-hydrogen) atoms. The molecule has 1 saturated heterocycles. The van der Waals surface area contributed by atoms with Crippen molar-refractivity contribution in [3.8, 4) is 17.3 Å². The van der Waals surface area contributed by atoms with Crippen LogP contribution in [0.4, 0.5) is 14.5 Å². The molecule has 5 rings (SSSR count). The van der Waals surface area contributed by atoms with Crippen LogP contribution in [-0.2, 0) is 16.6 Å². The third-order valence-electron chi connectivity index (χ3n) is 8.23. The third-order valence-corrected chi connectivity index (χ3v) is 8.23. The first-order chi connectivity index (χ1) is 19.9. The lowest BCUT2D eigenvalue weighted by atomic mass is 9.85. The molecule has 4 heterocycles. The Balaban J connectivity index is 1.46. The number of carbonyl (C=O) groups is 1. The van der Waals surface area contributed by atoms with Crippen LogP contribution in [0, 0.1) is 28.9 Å². The zero-order valence-corrected chi connectivity index (χ0v) is 24.3. The van der Waals surface area contributed by atoms with E-state index in [-0.39, 0.29) is 40.7 Å². The minimum atomic E-state index is -1.04. The zero-order chi connectivity index (χ0) is 30.3. The number of carbonyl (C=O) groups excluding carboxylic acids is 1. The minimum Gasteiger partial charge on any atom is -0.369 e. The normalized spacial score (nSPS) is 19.1. The molecule has 1 aliphatic heterocycles. The van der Waals surface area contributed by atoms with Gasteiger partial charge in [-0.2, -0.15) is 10.4 Å². The van der Waals surface area contributed by atoms with Gasteiger partial charge in [-0.3, -0.25) is 9.78 Å². The maximum absolute atomic E-state index is 15.2. The smallest absolute Gasteiger partial charge is 0.219 e. The number of benzene rings is 1. The molecule has 0 spiro atoms. The number of rotatable bonds is 6. The summed E-state index contributed by atoms with van der Waals surface area (Å²) in [6.07, 6.45) is 5.53. The number of fused-ring (bicyclic) bond motifs is 1. The first-order valence-electron chi connectivity index (χ1n) is 13.8. The van der Waals surface area contributed by atoms with Gasteiger partial charge >= 0.3 is 0 Å². The summed E-state index contributed by atoms with van der Waals surface area (Å²) < 4.78 is 32.0. The molecule has 0 aliphatic carbocycles. The summed E-state index contributed by atoms with van der Waals surface area (Å²) in [5.41, 5.74) is 8.16. The van der Waals surface area contributed by atoms with Crippen LogP contribution in [0.15, 0.2) is 48.9 Å². The number of pyridine rings is 1. The van der Waals surface area contributed by atoms with E-state index in [2.05, 4.69) is 33.0 Å². The van der Waals surface area contributed by atoms with E-state index in [1.165, 1.54) is 12.1 Å². The highest BCUT2D eigenvalue weighted by atomic mass is 19.1. The largest absolute Gasteiger partial charge is 0.369 e. The van der Waals surface area contributed by atoms with Gasteiger partial charge in [0, 0.05) is 63.2 Å². The third kappa shape index (κ3) is 5.30. The van der Waals surface area contributed by atoms with Crippen molar-refractivity contribution < 1.29 is 13.6 Å². The number of nitrogens with two attached hydrogens (primary N) is 1. The van der Waals surface area contributed by atoms with Crippen molar-refractivity contribution >= 4 is 17.1 Å². The SMILES string of the molecule is CC(=O)N(C)[C@@H]1[C@H](N)CN(c2ccncc2Cc2ncc3ccc(-c4c(F)cc(C(C)(C)C#N)cc4F)nn23)C[C@@H]1C. The van der Waals surface area contributed by atoms with Crippen LogP contribution in [0.5, 0.6) is 0 Å². The molecule has 1 fully saturated rings. The van der Waals surface area contributed by atoms with E-state index in [4.69, 9.17) is 5.73 Å². The van der Waals surface area contributed by atoms with Gasteiger partial charge in [0.1, 0.15) is 17.5 Å². The molecule has 2 N–H and O–H groups in total. The average molecular weight is 573 g/mol. The molecule has 0 bridgehead atoms. The zero-order valence-electron chi connectivity index (χ0n) is 24.3. The Morgan fingerprint density at radius 3 is 2.55 bits per heavy atom. The van der Waals surface area contributed by atoms with Gasteiger partial charge in [-0.15, -0.1) is 0 Å². The molecule has 0 saturated carbocycles. The number of amides is 1. The fourth-order valence-corrected chi connectivity index (χ4v) is 5.86. The molecule has 9 nitrogen and oxygen atoms in total. The van der Waals surface area contributed by atoms with Crippen molar-refractivity contribution in [3.63, 3.8) is 0 Å². The number of likely N-dealkylation sites (N-methyl/N-ethyl adjacent to an activating group) is 1. The summed E-state index contributed by atoms with van der Waals surface area (Å²) in [4.78, 5) is 24.9. The molecule has 3 aromatic heterocycles. The number of aromatic nitrogens is 4. The lowest BCUT2D eigenvalue weighted by Crippen LogP contribution is -2.62. The number of hydrogen-bond donors (Lipinski definition) is 1. The van der Waals surface area contributed by atoms with Crippen molar-refractivity contribution in [2.24, 2.45) is 11.7 Å². The maximum Gasteiger partial charge on any atom is 0.219 e. The second-order valence-corrected chi connectivity index (χ2v) is 11.6. The van der Waals surface area contributed by atoms with Gasteiger partial charge < -0.3 is 15.5 Å². The second-order valence-electron chi connectivity index (χ2n) is 11.6. The van der Waals surface area contributed by atoms with Crippen molar-refractivity contribution in [2.45, 2.75) is 51.6 Å². The van der Waals surface area contributed by atoms with E-state index in [1.54, 1.807) is 68.0 Å². The van der Waals surface area contributed by atoms with Crippen molar-refractivity contribution in [3.05, 3.63) is 77.5 Å². The number of halogens is 2. The van der Waals surface area contributed by atoms with Crippen LogP contribution in [0.3, 0.4) is 0 Å². The molecule has 218 valence electrons. The summed E-state index contributed by atoms with van der Waals surface area (Å²) in [6.45, 7) is 8.12. The van der Waals surface area contributed by atoms with Gasteiger partial charge in [0.25, 0.3) is 0 Å². The van der Waals surface area contributed by atoms with E-state index in [9.17, 15) is 10.1 Å². The molecule has 1 aliphatic rings. The van der Waals surface area contributed by atoms with Crippen LogP contribution < -0.4 is 10.6 Å². The lowest BCUT2D eigenvalue weighted by Gasteiger charge is -2.46. The Kier molecular flexibility index (Phi) is 7.68. The van der Waals surface area contributed by atoms with Crippen LogP contribution >= 0.6 is 0 Å². The highest BCUT2D eigenvalue weighted by molar-refractivity contribution is 5.73. The molecule has 3 atom stereocenters. The lowest BCUT2D eigenvalue weighted by molar-refractivity contribution is -0.131. The average Bonchev–Trinajstić information content (AvgIpc) is 3.34. The number of hydrogen-bond acceptors (Lipinski definition) is 7. The monoisotopic (exact) mass is 572 g/mol. The van der Waals surface area contributed by atoms with Crippen LogP contribution in [0.1, 0.15) is 44.6 Å². The summed E-state index contributed by atoms with van der Waals surface area (Å²) in [7, 11) is 1.79. The Hall–Kier alpha value is -4.43. The predicted octanol–water partition coefficient (Wildman–Crippen LogP) is 4.09. The first kappa shape index (κ1) is 29.1. The Morgan fingerprint density at radius 1 is 1.19 bits per heavy atom. The molecule has 0 unspecified atom stereocenters. The highest BCUT2D eigenvalue weighted by Gasteiger charge is 2.36. The summed E-state index contributed by atoms with van der Waals surface area (Å²) in [5.74, 6) is -0.885. The Bertz CT molecular complexity index is 1660. The van der Waals surface area contributed by atoms with Gasteiger partial charge in [-0.1, -0.05) is 6.92 Å². The van der Waals surface area contributed by atoms with Gasteiger partial charge in [-0.05, 0) is 55.7 Å². The van der Waals surface area contributed by atoms with Gasteiger partial charge in [0.05, 0.1) is 40.5 Å². The first-order valence-corrected chi connectivity index (χ1v) is 13.8. The van der Waals surface area contributed by atoms with Crippen molar-refractivity contribution in [1.82, 2.24) is 24.5 Å². The van der Waals surface area contributed by atoms with E-state index < -0.39 is 17.0 Å². The van der Waals surface area contributed by atoms with Crippen LogP contribution in [0.25, 0.3) is 16.8 Å². The number of nitrogens with zero attached hydrogens (tertiary/aromatic N) is 7. The fourth-order valence-electron chi connectivity index (χ4n) is 5.86. The van der Waals surface area contributed by atoms with Crippen LogP contribution in [-0.4, -0.2) is 62.6 Å². The summed E-state index contributed by atoms with van der Waals surface area (Å²) in [5, 5.41) is 14.0. The standard InChI is InChI=1S/C31H34F2N8O/c1-18-15-40(16-25(35)30(18)39(5)19(2)42)27-8-9-36-13-20(27)10-28-37-14-22-6-7-26(38-41(22)28)29-23(32)11-21(12-24(29)33)31(3,4)17-34/h6-9,11-14,18,25,30H,10,15-16,35H2,1-5H3/t18-,25+,30-/m0/s1. The summed E-state index contributed by atoms with van der Waals surface area (Å²) >= 11 is 0. The van der Waals surface area contributed by atoms with E-state index >= 15 is 8.78 Å². The quantitative estimate of drug-likeness (QED) is 0.370. The Labute approximate surface area is 243 Å². The number of piperidine rings is 1. The maximum atomic E-state index is 15.2. The van der Waals surface area contributed by atoms with Crippen molar-refractivity contribution in [1.29, 1.82) is 5.26 Å². The molecule has 1 amide bonds. The number of anilines is 1. The highest BCUT2D eigenvalue weighted by Crippen LogP contribution is 2.32. The number of imidazole rings is 1. The van der Waals surface area contributed by atoms with E-state index in [0.29, 0.717) is 30.9 Å². The summed E-state index contributed by atoms with van der Waals surface area (Å²) in [6, 6.07) is 9.35. The molecular formula is C31H34F2N8O. The van der Waals surface area contributed by atoms with E-state index in [1.807, 2.05) is 6.07 Å². The van der Waals surface area contributed by atoms with Gasteiger partial charge in [0.15, 0.2) is 0 Å². The predicted molar refractivity (Wildman–Crippen MR) is 156 cm³/mol. The number of nitriles is 1. The topological polar surface area (TPSA) is 116 Å². The molecule has 0 radical (unpaired) electrons. The molecule has 1 aromatic carbocycles. The fraction of sp³-hybridized carbons (Fsp3) is 0.387. The van der Waals surface area contributed by atoms with Gasteiger partial charge in [-0.25, -0.2) is 18.3 Å². The minimum absolute atomic E-state index is 0.0138. The van der Waals surface area contributed by atoms with Crippen molar-refractivity contribution in [2.75, 3.05) is 25.0 Å². The Morgan fingerprint density at radius 2 is 1.90 bits per heavy atom.